The van der Waals surface area contributed by atoms with Crippen LogP contribution in [-0.2, 0) is 0 Å². The summed E-state index contributed by atoms with van der Waals surface area (Å²) in [6.07, 6.45) is 0. The Labute approximate surface area is 101 Å². The molecule has 92 valence electrons. The fraction of sp³-hybridized carbons (Fsp3) is 0.385. The van der Waals surface area contributed by atoms with E-state index in [1.807, 2.05) is 20.8 Å². The van der Waals surface area contributed by atoms with Crippen LogP contribution in [0.5, 0.6) is 0 Å². The first-order chi connectivity index (χ1) is 7.93. The summed E-state index contributed by atoms with van der Waals surface area (Å²) in [5.41, 5.74) is 0.230. The van der Waals surface area contributed by atoms with Crippen LogP contribution in [0.3, 0.4) is 0 Å². The third-order valence-corrected chi connectivity index (χ3v) is 2.76. The molecule has 1 atom stereocenters. The fourth-order valence-electron chi connectivity index (χ4n) is 1.32. The predicted octanol–water partition coefficient (Wildman–Crippen LogP) is 2.16. The van der Waals surface area contributed by atoms with Crippen LogP contribution in [0, 0.1) is 5.92 Å². The molecule has 1 rings (SSSR count). The van der Waals surface area contributed by atoms with Crippen LogP contribution >= 0.6 is 0 Å². The van der Waals surface area contributed by atoms with Gasteiger partial charge in [0.05, 0.1) is 11.1 Å². The van der Waals surface area contributed by atoms with Gasteiger partial charge in [-0.3, -0.25) is 4.79 Å². The number of amides is 1. The van der Waals surface area contributed by atoms with Gasteiger partial charge in [0, 0.05) is 6.04 Å². The van der Waals surface area contributed by atoms with Crippen LogP contribution in [-0.4, -0.2) is 23.0 Å². The van der Waals surface area contributed by atoms with Crippen molar-refractivity contribution in [1.29, 1.82) is 0 Å². The lowest BCUT2D eigenvalue weighted by molar-refractivity contribution is 0.0690. The van der Waals surface area contributed by atoms with E-state index in [2.05, 4.69) is 5.32 Å². The number of carbonyl (C=O) groups excluding carboxylic acids is 1. The minimum absolute atomic E-state index is 0.00403. The fourth-order valence-corrected chi connectivity index (χ4v) is 1.32. The molecule has 4 nitrogen and oxygen atoms in total. The van der Waals surface area contributed by atoms with E-state index in [-0.39, 0.29) is 23.1 Å². The van der Waals surface area contributed by atoms with Gasteiger partial charge in [0.15, 0.2) is 0 Å². The molecule has 1 unspecified atom stereocenters. The normalized spacial score (nSPS) is 12.2. The number of carboxylic acid groups (broad SMARTS) is 1. The van der Waals surface area contributed by atoms with E-state index in [0.717, 1.165) is 0 Å². The summed E-state index contributed by atoms with van der Waals surface area (Å²) in [7, 11) is 0. The summed E-state index contributed by atoms with van der Waals surface area (Å²) in [4.78, 5) is 22.9. The van der Waals surface area contributed by atoms with E-state index in [1.54, 1.807) is 12.1 Å². The zero-order valence-electron chi connectivity index (χ0n) is 10.2. The van der Waals surface area contributed by atoms with Crippen molar-refractivity contribution in [3.63, 3.8) is 0 Å². The Balaban J connectivity index is 2.93. The lowest BCUT2D eigenvalue weighted by atomic mass is 10.0. The minimum Gasteiger partial charge on any atom is -0.478 e. The van der Waals surface area contributed by atoms with E-state index in [1.165, 1.54) is 12.1 Å². The van der Waals surface area contributed by atoms with Crippen LogP contribution in [0.15, 0.2) is 24.3 Å². The SMILES string of the molecule is CC(C)C(C)NC(=O)c1ccccc1C(=O)O. The number of aromatic carboxylic acids is 1. The van der Waals surface area contributed by atoms with Gasteiger partial charge in [0.25, 0.3) is 5.91 Å². The smallest absolute Gasteiger partial charge is 0.336 e. The average molecular weight is 235 g/mol. The van der Waals surface area contributed by atoms with Crippen molar-refractivity contribution in [2.75, 3.05) is 0 Å². The Morgan fingerprint density at radius 3 is 2.12 bits per heavy atom. The topological polar surface area (TPSA) is 66.4 Å². The van der Waals surface area contributed by atoms with Crippen molar-refractivity contribution >= 4 is 11.9 Å². The molecular weight excluding hydrogens is 218 g/mol. The van der Waals surface area contributed by atoms with Gasteiger partial charge < -0.3 is 10.4 Å². The number of benzene rings is 1. The highest BCUT2D eigenvalue weighted by molar-refractivity contribution is 6.04. The molecule has 0 aliphatic rings. The van der Waals surface area contributed by atoms with Crippen LogP contribution < -0.4 is 5.32 Å². The molecule has 0 radical (unpaired) electrons. The Kier molecular flexibility index (Phi) is 4.26. The van der Waals surface area contributed by atoms with Crippen LogP contribution in [0.2, 0.25) is 0 Å². The van der Waals surface area contributed by atoms with Crippen molar-refractivity contribution < 1.29 is 14.7 Å². The summed E-state index contributed by atoms with van der Waals surface area (Å²) in [5.74, 6) is -1.13. The summed E-state index contributed by atoms with van der Waals surface area (Å²) in [5, 5.41) is 11.8. The number of rotatable bonds is 4. The summed E-state index contributed by atoms with van der Waals surface area (Å²) >= 11 is 0. The lowest BCUT2D eigenvalue weighted by Crippen LogP contribution is -2.36. The zero-order valence-corrected chi connectivity index (χ0v) is 10.2. The number of nitrogens with one attached hydrogen (secondary N) is 1. The number of hydrogen-bond donors (Lipinski definition) is 2. The Bertz CT molecular complexity index is 426. The van der Waals surface area contributed by atoms with Gasteiger partial charge in [-0.15, -0.1) is 0 Å². The summed E-state index contributed by atoms with van der Waals surface area (Å²) in [6, 6.07) is 6.21. The average Bonchev–Trinajstić information content (AvgIpc) is 2.28. The molecule has 0 bridgehead atoms. The molecule has 0 aliphatic carbocycles. The summed E-state index contributed by atoms with van der Waals surface area (Å²) < 4.78 is 0. The van der Waals surface area contributed by atoms with Crippen LogP contribution in [0.1, 0.15) is 41.5 Å². The second kappa shape index (κ2) is 5.48. The van der Waals surface area contributed by atoms with E-state index in [4.69, 9.17) is 5.11 Å². The first kappa shape index (κ1) is 13.2. The van der Waals surface area contributed by atoms with Crippen molar-refractivity contribution in [3.05, 3.63) is 35.4 Å². The first-order valence-corrected chi connectivity index (χ1v) is 5.56. The van der Waals surface area contributed by atoms with E-state index < -0.39 is 5.97 Å². The quantitative estimate of drug-likeness (QED) is 0.840. The molecule has 1 aromatic rings. The van der Waals surface area contributed by atoms with Crippen molar-refractivity contribution in [2.45, 2.75) is 26.8 Å². The molecule has 2 N–H and O–H groups in total. The highest BCUT2D eigenvalue weighted by atomic mass is 16.4. The van der Waals surface area contributed by atoms with Crippen molar-refractivity contribution in [3.8, 4) is 0 Å². The molecule has 17 heavy (non-hydrogen) atoms. The minimum atomic E-state index is -1.09. The van der Waals surface area contributed by atoms with Gasteiger partial charge in [0.2, 0.25) is 0 Å². The largest absolute Gasteiger partial charge is 0.478 e. The summed E-state index contributed by atoms with van der Waals surface area (Å²) in [6.45, 7) is 5.88. The van der Waals surface area contributed by atoms with Gasteiger partial charge in [-0.1, -0.05) is 26.0 Å². The van der Waals surface area contributed by atoms with Crippen LogP contribution in [0.4, 0.5) is 0 Å². The highest BCUT2D eigenvalue weighted by Gasteiger charge is 2.18. The van der Waals surface area contributed by atoms with Gasteiger partial charge in [-0.25, -0.2) is 4.79 Å². The van der Waals surface area contributed by atoms with Crippen LogP contribution in [0.25, 0.3) is 0 Å². The molecular formula is C13H17NO3. The number of carbonyl (C=O) groups is 2. The Morgan fingerprint density at radius 1 is 1.12 bits per heavy atom. The Morgan fingerprint density at radius 2 is 1.65 bits per heavy atom. The standard InChI is InChI=1S/C13H17NO3/c1-8(2)9(3)14-12(15)10-6-4-5-7-11(10)13(16)17/h4-9H,1-3H3,(H,14,15)(H,16,17). The predicted molar refractivity (Wildman–Crippen MR) is 65.2 cm³/mol. The molecule has 1 aromatic carbocycles. The second-order valence-corrected chi connectivity index (χ2v) is 4.36. The molecule has 4 heteroatoms. The van der Waals surface area contributed by atoms with E-state index in [0.29, 0.717) is 5.92 Å². The highest BCUT2D eigenvalue weighted by Crippen LogP contribution is 2.10. The molecule has 0 saturated heterocycles. The molecule has 0 saturated carbocycles. The number of carboxylic acids is 1. The third kappa shape index (κ3) is 3.31. The first-order valence-electron chi connectivity index (χ1n) is 5.56. The molecule has 1 amide bonds. The lowest BCUT2D eigenvalue weighted by Gasteiger charge is -2.18. The maximum atomic E-state index is 11.9. The van der Waals surface area contributed by atoms with E-state index in [9.17, 15) is 9.59 Å². The molecule has 0 fully saturated rings. The maximum Gasteiger partial charge on any atom is 0.336 e. The maximum absolute atomic E-state index is 11.9. The van der Waals surface area contributed by atoms with Crippen molar-refractivity contribution in [1.82, 2.24) is 5.32 Å². The van der Waals surface area contributed by atoms with Gasteiger partial charge in [-0.2, -0.15) is 0 Å². The number of hydrogen-bond acceptors (Lipinski definition) is 2. The zero-order chi connectivity index (χ0) is 13.0. The molecule has 0 spiro atoms. The third-order valence-electron chi connectivity index (χ3n) is 2.76. The van der Waals surface area contributed by atoms with Gasteiger partial charge >= 0.3 is 5.97 Å². The van der Waals surface area contributed by atoms with Gasteiger partial charge in [0.1, 0.15) is 0 Å². The van der Waals surface area contributed by atoms with Crippen molar-refractivity contribution in [2.24, 2.45) is 5.92 Å². The monoisotopic (exact) mass is 235 g/mol. The Hall–Kier alpha value is -1.84. The second-order valence-electron chi connectivity index (χ2n) is 4.36. The van der Waals surface area contributed by atoms with E-state index >= 15 is 0 Å². The molecule has 0 aliphatic heterocycles. The van der Waals surface area contributed by atoms with Gasteiger partial charge in [-0.05, 0) is 25.0 Å². The molecule has 0 heterocycles. The molecule has 0 aromatic heterocycles.